The molecule has 0 aliphatic heterocycles. The monoisotopic (exact) mass is 121 g/mol. The molecule has 0 aromatic heterocycles. The lowest BCUT2D eigenvalue weighted by Crippen LogP contribution is -2.20. The van der Waals surface area contributed by atoms with Gasteiger partial charge in [0, 0.05) is 6.29 Å². The van der Waals surface area contributed by atoms with Crippen LogP contribution < -0.4 is 5.32 Å². The van der Waals surface area contributed by atoms with Gasteiger partial charge in [0.2, 0.25) is 0 Å². The first-order valence-electron chi connectivity index (χ1n) is 1.83. The predicted molar refractivity (Wildman–Crippen MR) is 30.1 cm³/mol. The number of alkyl carbamates (subject to hydrolysis) is 1. The molecule has 0 heterocycles. The van der Waals surface area contributed by atoms with Gasteiger partial charge in [0.1, 0.15) is 0 Å². The van der Waals surface area contributed by atoms with E-state index in [4.69, 9.17) is 0 Å². The molecule has 0 aliphatic rings. The van der Waals surface area contributed by atoms with Crippen LogP contribution in [0.5, 0.6) is 0 Å². The van der Waals surface area contributed by atoms with Gasteiger partial charge in [-0.1, -0.05) is 0 Å². The van der Waals surface area contributed by atoms with E-state index in [1.165, 1.54) is 7.11 Å². The Hall–Kier alpha value is -0.300. The van der Waals surface area contributed by atoms with Crippen molar-refractivity contribution < 1.29 is 9.53 Å². The van der Waals surface area contributed by atoms with Crippen LogP contribution in [0.3, 0.4) is 0 Å². The zero-order valence-electron chi connectivity index (χ0n) is 4.10. The van der Waals surface area contributed by atoms with Crippen molar-refractivity contribution in [2.24, 2.45) is 0 Å². The summed E-state index contributed by atoms with van der Waals surface area (Å²) < 4.78 is 4.23. The topological polar surface area (TPSA) is 38.3 Å². The number of nitrogens with one attached hydrogen (secondary N) is 1. The molecule has 0 saturated carbocycles. The largest absolute Gasteiger partial charge is 0.453 e. The molecule has 0 aliphatic carbocycles. The Labute approximate surface area is 44.6 Å². The first kappa shape index (κ1) is 6.70. The Morgan fingerprint density at radius 3 is 2.71 bits per heavy atom. The Kier molecular flexibility index (Phi) is 3.71. The third-order valence-corrected chi connectivity index (χ3v) is 0.636. The molecule has 7 heavy (non-hydrogen) atoms. The second-order valence-corrected chi connectivity index (χ2v) is 1.28. The first-order valence-corrected chi connectivity index (χ1v) is 2.64. The summed E-state index contributed by atoms with van der Waals surface area (Å²) in [4.78, 5) is 10.1. The van der Waals surface area contributed by atoms with Crippen molar-refractivity contribution in [2.75, 3.05) is 13.4 Å². The summed E-state index contributed by atoms with van der Waals surface area (Å²) in [5.74, 6) is 0. The molecule has 42 valence electrons. The lowest BCUT2D eigenvalue weighted by molar-refractivity contribution is 0.173. The summed E-state index contributed by atoms with van der Waals surface area (Å²) >= 11 is 0. The van der Waals surface area contributed by atoms with Crippen molar-refractivity contribution >= 4 is 15.3 Å². The average Bonchev–Trinajstić information content (AvgIpc) is 1.68. The third kappa shape index (κ3) is 3.53. The van der Waals surface area contributed by atoms with Crippen LogP contribution in [0.1, 0.15) is 0 Å². The number of hydrogen-bond donors (Lipinski definition) is 1. The highest BCUT2D eigenvalue weighted by Gasteiger charge is 1.89. The standard InChI is InChI=1S/C3H8NO2P/c1-6-3(5)4-2-7/h2,7H2,1H3,(H,4,5). The lowest BCUT2D eigenvalue weighted by atomic mass is 11.1. The molecule has 0 spiro atoms. The molecule has 0 aromatic rings. The summed E-state index contributed by atoms with van der Waals surface area (Å²) in [7, 11) is 3.67. The predicted octanol–water partition coefficient (Wildman–Crippen LogP) is 0.175. The third-order valence-electron chi connectivity index (χ3n) is 0.432. The summed E-state index contributed by atoms with van der Waals surface area (Å²) in [6, 6.07) is 0. The molecular weight excluding hydrogens is 113 g/mol. The van der Waals surface area contributed by atoms with E-state index in [9.17, 15) is 4.79 Å². The van der Waals surface area contributed by atoms with E-state index >= 15 is 0 Å². The van der Waals surface area contributed by atoms with Gasteiger partial charge in [0.05, 0.1) is 7.11 Å². The van der Waals surface area contributed by atoms with Crippen LogP contribution in [0.4, 0.5) is 4.79 Å². The van der Waals surface area contributed by atoms with Gasteiger partial charge >= 0.3 is 6.09 Å². The van der Waals surface area contributed by atoms with Gasteiger partial charge in [-0.3, -0.25) is 0 Å². The number of carbonyl (C=O) groups is 1. The van der Waals surface area contributed by atoms with E-state index in [-0.39, 0.29) is 0 Å². The molecule has 0 rings (SSSR count). The minimum absolute atomic E-state index is 0.394. The normalized spacial score (nSPS) is 7.71. The van der Waals surface area contributed by atoms with E-state index in [1.807, 2.05) is 0 Å². The minimum atomic E-state index is -0.394. The zero-order valence-corrected chi connectivity index (χ0v) is 5.26. The Bertz CT molecular complexity index is 66.0. The maximum atomic E-state index is 10.1. The van der Waals surface area contributed by atoms with Crippen LogP contribution in [-0.2, 0) is 4.74 Å². The molecule has 0 fully saturated rings. The quantitative estimate of drug-likeness (QED) is 0.502. The fourth-order valence-corrected chi connectivity index (χ4v) is 0.322. The summed E-state index contributed by atoms with van der Waals surface area (Å²) in [6.07, 6.45) is 0.141. The van der Waals surface area contributed by atoms with Crippen molar-refractivity contribution in [3.05, 3.63) is 0 Å². The van der Waals surface area contributed by atoms with E-state index in [2.05, 4.69) is 19.3 Å². The van der Waals surface area contributed by atoms with Gasteiger partial charge in [0.25, 0.3) is 0 Å². The minimum Gasteiger partial charge on any atom is -0.453 e. The van der Waals surface area contributed by atoms with Gasteiger partial charge in [-0.25, -0.2) is 4.79 Å². The molecule has 0 saturated heterocycles. The second kappa shape index (κ2) is 3.88. The highest BCUT2D eigenvalue weighted by molar-refractivity contribution is 7.16. The molecule has 1 N–H and O–H groups in total. The fraction of sp³-hybridized carbons (Fsp3) is 0.667. The van der Waals surface area contributed by atoms with Gasteiger partial charge < -0.3 is 10.1 Å². The number of amides is 1. The van der Waals surface area contributed by atoms with Crippen LogP contribution in [0.2, 0.25) is 0 Å². The van der Waals surface area contributed by atoms with Crippen molar-refractivity contribution in [2.45, 2.75) is 0 Å². The molecule has 0 bridgehead atoms. The smallest absolute Gasteiger partial charge is 0.407 e. The van der Waals surface area contributed by atoms with Crippen molar-refractivity contribution in [1.82, 2.24) is 5.32 Å². The second-order valence-electron chi connectivity index (χ2n) is 0.872. The number of methoxy groups -OCH3 is 1. The molecule has 1 atom stereocenters. The molecule has 1 unspecified atom stereocenters. The molecule has 4 heteroatoms. The molecule has 0 aromatic carbocycles. The number of ether oxygens (including phenoxy) is 1. The van der Waals surface area contributed by atoms with Crippen LogP contribution in [0.15, 0.2) is 0 Å². The number of hydrogen-bond acceptors (Lipinski definition) is 2. The van der Waals surface area contributed by atoms with Crippen LogP contribution >= 0.6 is 9.24 Å². The van der Waals surface area contributed by atoms with Gasteiger partial charge in [-0.05, 0) is 0 Å². The summed E-state index contributed by atoms with van der Waals surface area (Å²) in [5.41, 5.74) is 0. The average molecular weight is 121 g/mol. The van der Waals surface area contributed by atoms with Gasteiger partial charge in [-0.15, -0.1) is 9.24 Å². The molecule has 1 amide bonds. The fourth-order valence-electron chi connectivity index (χ4n) is 0.156. The number of carbonyl (C=O) groups excluding carboxylic acids is 1. The molecule has 0 radical (unpaired) electrons. The maximum absolute atomic E-state index is 10.1. The zero-order chi connectivity index (χ0) is 5.70. The highest BCUT2D eigenvalue weighted by Crippen LogP contribution is 1.74. The molecule has 3 nitrogen and oxygen atoms in total. The summed E-state index contributed by atoms with van der Waals surface area (Å²) in [5, 5.41) is 2.40. The highest BCUT2D eigenvalue weighted by atomic mass is 31.0. The maximum Gasteiger partial charge on any atom is 0.407 e. The number of rotatable bonds is 1. The first-order chi connectivity index (χ1) is 3.31. The SMILES string of the molecule is COC(=O)NCP. The van der Waals surface area contributed by atoms with Crippen LogP contribution in [0.25, 0.3) is 0 Å². The van der Waals surface area contributed by atoms with Gasteiger partial charge in [0.15, 0.2) is 0 Å². The Morgan fingerprint density at radius 2 is 2.57 bits per heavy atom. The van der Waals surface area contributed by atoms with E-state index in [0.717, 1.165) is 0 Å². The lowest BCUT2D eigenvalue weighted by Gasteiger charge is -1.95. The van der Waals surface area contributed by atoms with Crippen molar-refractivity contribution in [3.8, 4) is 0 Å². The molecular formula is C3H8NO2P. The van der Waals surface area contributed by atoms with E-state index in [1.54, 1.807) is 0 Å². The Morgan fingerprint density at radius 1 is 2.00 bits per heavy atom. The Balaban J connectivity index is 3.00. The van der Waals surface area contributed by atoms with Gasteiger partial charge in [-0.2, -0.15) is 0 Å². The van der Waals surface area contributed by atoms with E-state index in [0.29, 0.717) is 6.29 Å². The van der Waals surface area contributed by atoms with Crippen LogP contribution in [0, 0.1) is 0 Å². The van der Waals surface area contributed by atoms with Crippen LogP contribution in [-0.4, -0.2) is 19.5 Å². The summed E-state index contributed by atoms with van der Waals surface area (Å²) in [6.45, 7) is 0. The van der Waals surface area contributed by atoms with E-state index < -0.39 is 6.09 Å². The van der Waals surface area contributed by atoms with Crippen molar-refractivity contribution in [3.63, 3.8) is 0 Å². The van der Waals surface area contributed by atoms with Crippen molar-refractivity contribution in [1.29, 1.82) is 0 Å².